The van der Waals surface area contributed by atoms with Gasteiger partial charge in [-0.05, 0) is 52.4 Å². The van der Waals surface area contributed by atoms with E-state index >= 15 is 0 Å². The first-order chi connectivity index (χ1) is 11.8. The van der Waals surface area contributed by atoms with E-state index in [1.54, 1.807) is 11.3 Å². The number of hydrogen-bond donors (Lipinski definition) is 2. The number of aliphatic imine (C=N–C) groups is 1. The van der Waals surface area contributed by atoms with Gasteiger partial charge in [0.1, 0.15) is 11.2 Å². The molecule has 0 bridgehead atoms. The van der Waals surface area contributed by atoms with E-state index in [2.05, 4.69) is 37.9 Å². The highest BCUT2D eigenvalue weighted by molar-refractivity contribution is 7.16. The lowest BCUT2D eigenvalue weighted by atomic mass is 10.00. The minimum atomic E-state index is -0.191. The fraction of sp³-hybridized carbons (Fsp3) is 0.421. The van der Waals surface area contributed by atoms with Crippen molar-refractivity contribution in [1.29, 1.82) is 0 Å². The lowest BCUT2D eigenvalue weighted by Gasteiger charge is -2.36. The number of nitrogens with one attached hydrogen (secondary N) is 1. The lowest BCUT2D eigenvalue weighted by molar-refractivity contribution is 0.455. The Kier molecular flexibility index (Phi) is 5.21. The second-order valence-electron chi connectivity index (χ2n) is 6.55. The number of thiophene rings is 1. The summed E-state index contributed by atoms with van der Waals surface area (Å²) >= 11 is 7.87. The Hall–Kier alpha value is -1.40. The predicted octanol–water partition coefficient (Wildman–Crippen LogP) is 3.91. The number of anilines is 1. The predicted molar refractivity (Wildman–Crippen MR) is 109 cm³/mol. The molecular formula is C19H25ClN4S. The van der Waals surface area contributed by atoms with E-state index in [9.17, 15) is 0 Å². The van der Waals surface area contributed by atoms with Crippen LogP contribution in [-0.4, -0.2) is 31.1 Å². The van der Waals surface area contributed by atoms with Crippen molar-refractivity contribution in [3.63, 3.8) is 0 Å². The number of hydrogen-bond acceptors (Lipinski definition) is 5. The van der Waals surface area contributed by atoms with E-state index in [-0.39, 0.29) is 18.4 Å². The number of halogens is 1. The van der Waals surface area contributed by atoms with Crippen molar-refractivity contribution in [1.82, 2.24) is 5.32 Å². The van der Waals surface area contributed by atoms with Crippen LogP contribution in [0.25, 0.3) is 0 Å². The Morgan fingerprint density at radius 1 is 1.28 bits per heavy atom. The normalized spacial score (nSPS) is 21.6. The summed E-state index contributed by atoms with van der Waals surface area (Å²) in [5.74, 6) is 0. The molecule has 1 aromatic carbocycles. The monoisotopic (exact) mass is 376 g/mol. The molecule has 25 heavy (non-hydrogen) atoms. The molecule has 0 spiro atoms. The van der Waals surface area contributed by atoms with Crippen LogP contribution in [0.3, 0.4) is 0 Å². The van der Waals surface area contributed by atoms with Crippen LogP contribution in [0.5, 0.6) is 0 Å². The highest BCUT2D eigenvalue weighted by atomic mass is 35.5. The van der Waals surface area contributed by atoms with Crippen LogP contribution in [0.15, 0.2) is 29.3 Å². The van der Waals surface area contributed by atoms with E-state index < -0.39 is 0 Å². The summed E-state index contributed by atoms with van der Waals surface area (Å²) in [6, 6.07) is 7.87. The van der Waals surface area contributed by atoms with Crippen LogP contribution in [0.4, 0.5) is 5.00 Å². The molecule has 3 atom stereocenters. The Balaban J connectivity index is 2.25. The molecule has 6 heteroatoms. The molecule has 0 amide bonds. The van der Waals surface area contributed by atoms with Crippen LogP contribution in [0.2, 0.25) is 5.02 Å². The van der Waals surface area contributed by atoms with Gasteiger partial charge in [-0.2, -0.15) is 0 Å². The van der Waals surface area contributed by atoms with Gasteiger partial charge in [-0.25, -0.2) is 0 Å². The van der Waals surface area contributed by atoms with Crippen LogP contribution >= 0.6 is 22.9 Å². The molecular weight excluding hydrogens is 352 g/mol. The largest absolute Gasteiger partial charge is 0.330 e. The van der Waals surface area contributed by atoms with Crippen LogP contribution in [-0.2, 0) is 0 Å². The second-order valence-corrected chi connectivity index (χ2v) is 8.19. The average Bonchev–Trinajstić information content (AvgIpc) is 2.82. The van der Waals surface area contributed by atoms with Gasteiger partial charge in [-0.1, -0.05) is 23.7 Å². The highest BCUT2D eigenvalue weighted by Gasteiger charge is 2.34. The topological polar surface area (TPSA) is 53.6 Å². The minimum Gasteiger partial charge on any atom is -0.330 e. The lowest BCUT2D eigenvalue weighted by Crippen LogP contribution is -2.55. The molecule has 4 nitrogen and oxygen atoms in total. The number of nitrogens with two attached hydrogens (primary N) is 1. The molecule has 0 aliphatic carbocycles. The van der Waals surface area contributed by atoms with Crippen LogP contribution < -0.4 is 16.0 Å². The van der Waals surface area contributed by atoms with E-state index in [4.69, 9.17) is 22.3 Å². The van der Waals surface area contributed by atoms with Gasteiger partial charge in [-0.3, -0.25) is 4.99 Å². The zero-order valence-electron chi connectivity index (χ0n) is 15.3. The number of fused-ring (bicyclic) bond motifs is 1. The third-order valence-corrected chi connectivity index (χ3v) is 6.41. The number of benzene rings is 1. The molecule has 2 heterocycles. The number of aryl methyl sites for hydroxylation is 1. The molecule has 3 rings (SSSR count). The molecule has 3 unspecified atom stereocenters. The average molecular weight is 377 g/mol. The maximum absolute atomic E-state index is 6.60. The fourth-order valence-electron chi connectivity index (χ4n) is 3.18. The van der Waals surface area contributed by atoms with E-state index in [0.29, 0.717) is 0 Å². The summed E-state index contributed by atoms with van der Waals surface area (Å²) in [5, 5.41) is 5.24. The first-order valence-electron chi connectivity index (χ1n) is 8.50. The summed E-state index contributed by atoms with van der Waals surface area (Å²) in [6.45, 7) is 8.54. The van der Waals surface area contributed by atoms with E-state index in [1.807, 2.05) is 31.3 Å². The molecule has 1 aliphatic heterocycles. The Labute approximate surface area is 158 Å². The van der Waals surface area contributed by atoms with Crippen LogP contribution in [0, 0.1) is 13.8 Å². The van der Waals surface area contributed by atoms with Crippen molar-refractivity contribution in [2.75, 3.05) is 11.9 Å². The zero-order valence-corrected chi connectivity index (χ0v) is 16.9. The Morgan fingerprint density at radius 2 is 1.92 bits per heavy atom. The van der Waals surface area contributed by atoms with Crippen molar-refractivity contribution in [2.24, 2.45) is 10.7 Å². The van der Waals surface area contributed by atoms with Gasteiger partial charge in [0.05, 0.1) is 17.9 Å². The van der Waals surface area contributed by atoms with Gasteiger partial charge >= 0.3 is 0 Å². The third-order valence-electron chi connectivity index (χ3n) is 4.94. The molecule has 1 aromatic heterocycles. The Morgan fingerprint density at radius 3 is 2.52 bits per heavy atom. The van der Waals surface area contributed by atoms with Gasteiger partial charge in [0.2, 0.25) is 0 Å². The zero-order chi connectivity index (χ0) is 18.3. The van der Waals surface area contributed by atoms with Crippen molar-refractivity contribution in [2.45, 2.75) is 46.1 Å². The first-order valence-corrected chi connectivity index (χ1v) is 9.69. The van der Waals surface area contributed by atoms with Crippen LogP contribution in [0.1, 0.15) is 35.4 Å². The van der Waals surface area contributed by atoms with Gasteiger partial charge in [0.15, 0.2) is 0 Å². The van der Waals surface area contributed by atoms with Crippen molar-refractivity contribution < 1.29 is 0 Å². The molecule has 3 N–H and O–H groups in total. The molecule has 0 fully saturated rings. The summed E-state index contributed by atoms with van der Waals surface area (Å²) < 4.78 is 0. The quantitative estimate of drug-likeness (QED) is 0.853. The van der Waals surface area contributed by atoms with Gasteiger partial charge < -0.3 is 16.0 Å². The highest BCUT2D eigenvalue weighted by Crippen LogP contribution is 2.40. The van der Waals surface area contributed by atoms with E-state index in [0.717, 1.165) is 16.3 Å². The first kappa shape index (κ1) is 18.4. The smallest absolute Gasteiger partial charge is 0.104 e. The SMILES string of the molecule is CNC(C)N1c2sc(C)c(C)c2C(c2ccc(Cl)cc2)=NC(C)C1N. The van der Waals surface area contributed by atoms with E-state index in [1.165, 1.54) is 21.0 Å². The fourth-order valence-corrected chi connectivity index (χ4v) is 4.59. The Bertz CT molecular complexity index is 797. The molecule has 0 saturated carbocycles. The summed E-state index contributed by atoms with van der Waals surface area (Å²) in [7, 11) is 1.96. The number of rotatable bonds is 3. The summed E-state index contributed by atoms with van der Waals surface area (Å²) in [6.07, 6.45) is -0.0723. The molecule has 0 saturated heterocycles. The molecule has 2 aromatic rings. The second kappa shape index (κ2) is 7.08. The molecule has 134 valence electrons. The molecule has 0 radical (unpaired) electrons. The van der Waals surface area contributed by atoms with Crippen molar-refractivity contribution in [3.05, 3.63) is 50.9 Å². The van der Waals surface area contributed by atoms with Gasteiger partial charge in [0, 0.05) is 21.0 Å². The van der Waals surface area contributed by atoms with Gasteiger partial charge in [-0.15, -0.1) is 11.3 Å². The minimum absolute atomic E-state index is 0.0271. The summed E-state index contributed by atoms with van der Waals surface area (Å²) in [5.41, 5.74) is 11.1. The standard InChI is InChI=1S/C19H25ClN4S/c1-10-12(3)25-19-16(10)17(14-6-8-15(20)9-7-14)23-11(2)18(21)24(19)13(4)22-5/h6-9,11,13,18,22H,21H2,1-5H3. The third kappa shape index (κ3) is 3.22. The maximum Gasteiger partial charge on any atom is 0.104 e. The van der Waals surface area contributed by atoms with Gasteiger partial charge in [0.25, 0.3) is 0 Å². The van der Waals surface area contributed by atoms with Crippen molar-refractivity contribution >= 4 is 33.7 Å². The van der Waals surface area contributed by atoms with Crippen molar-refractivity contribution in [3.8, 4) is 0 Å². The summed E-state index contributed by atoms with van der Waals surface area (Å²) in [4.78, 5) is 8.58. The maximum atomic E-state index is 6.60. The number of nitrogens with zero attached hydrogens (tertiary/aromatic N) is 2. The molecule has 1 aliphatic rings.